The van der Waals surface area contributed by atoms with Gasteiger partial charge in [-0.3, -0.25) is 0 Å². The summed E-state index contributed by atoms with van der Waals surface area (Å²) in [7, 11) is 0. The highest BCUT2D eigenvalue weighted by Gasteiger charge is 2.24. The normalized spacial score (nSPS) is 18.5. The van der Waals surface area contributed by atoms with Crippen molar-refractivity contribution in [2.45, 2.75) is 38.1 Å². The molecule has 0 aliphatic carbocycles. The molecule has 1 aromatic carbocycles. The summed E-state index contributed by atoms with van der Waals surface area (Å²) in [5.74, 6) is 0.282. The second-order valence-electron chi connectivity index (χ2n) is 5.58. The fourth-order valence-corrected chi connectivity index (χ4v) is 2.76. The number of amides is 2. The molecule has 2 amide bonds. The molecule has 4 N–H and O–H groups in total. The molecule has 1 unspecified atom stereocenters. The molecule has 1 atom stereocenters. The second kappa shape index (κ2) is 7.88. The fourth-order valence-electron chi connectivity index (χ4n) is 2.76. The van der Waals surface area contributed by atoms with Gasteiger partial charge in [-0.2, -0.15) is 0 Å². The van der Waals surface area contributed by atoms with E-state index in [-0.39, 0.29) is 17.8 Å². The molecule has 1 fully saturated rings. The Labute approximate surface area is 126 Å². The maximum Gasteiger partial charge on any atom is 0.317 e. The van der Waals surface area contributed by atoms with Crippen LogP contribution >= 0.6 is 0 Å². The quantitative estimate of drug-likeness (QED) is 0.724. The van der Waals surface area contributed by atoms with Gasteiger partial charge in [-0.25, -0.2) is 4.79 Å². The lowest BCUT2D eigenvalue weighted by molar-refractivity contribution is 0.154. The number of hydrogen-bond donors (Lipinski definition) is 3. The number of aromatic hydroxyl groups is 1. The summed E-state index contributed by atoms with van der Waals surface area (Å²) in [4.78, 5) is 14.0. The largest absolute Gasteiger partial charge is 0.508 e. The first kappa shape index (κ1) is 15.6. The lowest BCUT2D eigenvalue weighted by Crippen LogP contribution is -2.51. The molecule has 1 aliphatic heterocycles. The van der Waals surface area contributed by atoms with Gasteiger partial charge in [0.15, 0.2) is 0 Å². The highest BCUT2D eigenvalue weighted by molar-refractivity contribution is 5.74. The van der Waals surface area contributed by atoms with Crippen molar-refractivity contribution in [3.05, 3.63) is 29.8 Å². The predicted octanol–water partition coefficient (Wildman–Crippen LogP) is 1.85. The molecular formula is C16H25N3O2. The first-order valence-electron chi connectivity index (χ1n) is 7.73. The van der Waals surface area contributed by atoms with E-state index in [2.05, 4.69) is 5.32 Å². The maximum absolute atomic E-state index is 12.1. The summed E-state index contributed by atoms with van der Waals surface area (Å²) >= 11 is 0. The Morgan fingerprint density at radius 2 is 2.10 bits per heavy atom. The molecule has 21 heavy (non-hydrogen) atoms. The molecule has 116 valence electrons. The molecular weight excluding hydrogens is 266 g/mol. The molecule has 1 heterocycles. The molecule has 5 heteroatoms. The van der Waals surface area contributed by atoms with Gasteiger partial charge in [0.05, 0.1) is 0 Å². The van der Waals surface area contributed by atoms with Crippen molar-refractivity contribution in [3.63, 3.8) is 0 Å². The van der Waals surface area contributed by atoms with E-state index in [1.165, 1.54) is 5.56 Å². The number of hydrogen-bond acceptors (Lipinski definition) is 3. The Kier molecular flexibility index (Phi) is 5.87. The molecule has 0 saturated carbocycles. The van der Waals surface area contributed by atoms with Crippen molar-refractivity contribution in [3.8, 4) is 5.75 Å². The third-order valence-electron chi connectivity index (χ3n) is 4.01. The van der Waals surface area contributed by atoms with Crippen LogP contribution in [0.4, 0.5) is 4.79 Å². The summed E-state index contributed by atoms with van der Waals surface area (Å²) in [6.07, 6.45) is 5.01. The van der Waals surface area contributed by atoms with Gasteiger partial charge in [0.2, 0.25) is 0 Å². The van der Waals surface area contributed by atoms with Crippen LogP contribution in [0.5, 0.6) is 5.75 Å². The number of nitrogens with one attached hydrogen (secondary N) is 1. The monoisotopic (exact) mass is 291 g/mol. The zero-order valence-corrected chi connectivity index (χ0v) is 12.4. The Balaban J connectivity index is 1.70. The molecule has 0 aromatic heterocycles. The van der Waals surface area contributed by atoms with Crippen molar-refractivity contribution in [1.29, 1.82) is 0 Å². The molecule has 0 bridgehead atoms. The molecule has 0 spiro atoms. The fraction of sp³-hybridized carbons (Fsp3) is 0.562. The summed E-state index contributed by atoms with van der Waals surface area (Å²) in [6, 6.07) is 7.39. The Morgan fingerprint density at radius 3 is 2.81 bits per heavy atom. The number of urea groups is 1. The average Bonchev–Trinajstić information content (AvgIpc) is 2.53. The van der Waals surface area contributed by atoms with Gasteiger partial charge < -0.3 is 21.1 Å². The number of rotatable bonds is 5. The van der Waals surface area contributed by atoms with E-state index < -0.39 is 0 Å². The molecule has 5 nitrogen and oxygen atoms in total. The number of benzene rings is 1. The van der Waals surface area contributed by atoms with Crippen LogP contribution in [0.3, 0.4) is 0 Å². The van der Waals surface area contributed by atoms with Gasteiger partial charge >= 0.3 is 6.03 Å². The van der Waals surface area contributed by atoms with Gasteiger partial charge in [0.1, 0.15) is 5.75 Å². The van der Waals surface area contributed by atoms with E-state index in [0.717, 1.165) is 38.6 Å². The number of nitrogens with two attached hydrogens (primary N) is 1. The van der Waals surface area contributed by atoms with E-state index in [9.17, 15) is 9.90 Å². The number of phenolic OH excluding ortho intramolecular Hbond substituents is 1. The zero-order chi connectivity index (χ0) is 15.1. The van der Waals surface area contributed by atoms with Crippen molar-refractivity contribution < 1.29 is 9.90 Å². The number of carbonyl (C=O) groups is 1. The topological polar surface area (TPSA) is 78.6 Å². The van der Waals surface area contributed by atoms with Crippen molar-refractivity contribution >= 4 is 6.03 Å². The standard InChI is InChI=1S/C16H25N3O2/c17-12-14-5-1-2-11-19(14)16(21)18-10-3-4-13-6-8-15(20)9-7-13/h6-9,14,20H,1-5,10-12,17H2,(H,18,21). The molecule has 1 aromatic rings. The first-order valence-corrected chi connectivity index (χ1v) is 7.73. The molecule has 0 radical (unpaired) electrons. The molecule has 1 aliphatic rings. The minimum absolute atomic E-state index is 0.0101. The summed E-state index contributed by atoms with van der Waals surface area (Å²) in [5, 5.41) is 12.2. The zero-order valence-electron chi connectivity index (χ0n) is 12.4. The highest BCUT2D eigenvalue weighted by atomic mass is 16.3. The van der Waals surface area contributed by atoms with E-state index in [4.69, 9.17) is 5.73 Å². The third-order valence-corrected chi connectivity index (χ3v) is 4.01. The van der Waals surface area contributed by atoms with Crippen LogP contribution in [-0.2, 0) is 6.42 Å². The van der Waals surface area contributed by atoms with Crippen LogP contribution in [0.1, 0.15) is 31.2 Å². The first-order chi connectivity index (χ1) is 10.2. The number of aryl methyl sites for hydroxylation is 1. The van der Waals surface area contributed by atoms with Gasteiger partial charge in [-0.05, 0) is 49.8 Å². The number of nitrogens with zero attached hydrogens (tertiary/aromatic N) is 1. The lowest BCUT2D eigenvalue weighted by Gasteiger charge is -2.35. The van der Waals surface area contributed by atoms with Gasteiger partial charge in [0, 0.05) is 25.7 Å². The Hall–Kier alpha value is -1.75. The van der Waals surface area contributed by atoms with E-state index >= 15 is 0 Å². The third kappa shape index (κ3) is 4.63. The van der Waals surface area contributed by atoms with Crippen LogP contribution in [-0.4, -0.2) is 41.7 Å². The van der Waals surface area contributed by atoms with Crippen LogP contribution in [0.15, 0.2) is 24.3 Å². The van der Waals surface area contributed by atoms with Crippen molar-refractivity contribution in [2.75, 3.05) is 19.6 Å². The summed E-state index contributed by atoms with van der Waals surface area (Å²) in [5.41, 5.74) is 6.90. The van der Waals surface area contributed by atoms with Crippen LogP contribution in [0.25, 0.3) is 0 Å². The average molecular weight is 291 g/mol. The van der Waals surface area contributed by atoms with Gasteiger partial charge in [-0.15, -0.1) is 0 Å². The maximum atomic E-state index is 12.1. The van der Waals surface area contributed by atoms with Crippen LogP contribution in [0, 0.1) is 0 Å². The van der Waals surface area contributed by atoms with Crippen molar-refractivity contribution in [1.82, 2.24) is 10.2 Å². The highest BCUT2D eigenvalue weighted by Crippen LogP contribution is 2.16. The number of phenols is 1. The van der Waals surface area contributed by atoms with Crippen LogP contribution < -0.4 is 11.1 Å². The number of likely N-dealkylation sites (tertiary alicyclic amines) is 1. The minimum atomic E-state index is 0.0101. The van der Waals surface area contributed by atoms with Gasteiger partial charge in [-0.1, -0.05) is 12.1 Å². The van der Waals surface area contributed by atoms with E-state index in [1.807, 2.05) is 17.0 Å². The van der Waals surface area contributed by atoms with Crippen molar-refractivity contribution in [2.24, 2.45) is 5.73 Å². The van der Waals surface area contributed by atoms with Gasteiger partial charge in [0.25, 0.3) is 0 Å². The predicted molar refractivity (Wildman–Crippen MR) is 83.2 cm³/mol. The second-order valence-corrected chi connectivity index (χ2v) is 5.58. The van der Waals surface area contributed by atoms with E-state index in [0.29, 0.717) is 13.1 Å². The van der Waals surface area contributed by atoms with Crippen LogP contribution in [0.2, 0.25) is 0 Å². The molecule has 1 saturated heterocycles. The Morgan fingerprint density at radius 1 is 1.33 bits per heavy atom. The summed E-state index contributed by atoms with van der Waals surface area (Å²) < 4.78 is 0. The number of piperidine rings is 1. The lowest BCUT2D eigenvalue weighted by atomic mass is 10.0. The van der Waals surface area contributed by atoms with E-state index in [1.54, 1.807) is 12.1 Å². The minimum Gasteiger partial charge on any atom is -0.508 e. The molecule has 2 rings (SSSR count). The SMILES string of the molecule is NCC1CCCCN1C(=O)NCCCc1ccc(O)cc1. The number of carbonyl (C=O) groups excluding carboxylic acids is 1. The Bertz CT molecular complexity index is 447. The summed E-state index contributed by atoms with van der Waals surface area (Å²) in [6.45, 7) is 2.01. The smallest absolute Gasteiger partial charge is 0.317 e.